The normalized spacial score (nSPS) is 24.0. The number of primary amides is 1. The van der Waals surface area contributed by atoms with E-state index in [0.29, 0.717) is 19.1 Å². The van der Waals surface area contributed by atoms with Gasteiger partial charge >= 0.3 is 0 Å². The third-order valence-electron chi connectivity index (χ3n) is 3.17. The Morgan fingerprint density at radius 1 is 1.44 bits per heavy atom. The third kappa shape index (κ3) is 4.29. The van der Waals surface area contributed by atoms with Gasteiger partial charge in [0.25, 0.3) is 0 Å². The number of ether oxygens (including phenoxy) is 1. The summed E-state index contributed by atoms with van der Waals surface area (Å²) < 4.78 is 5.51. The molecule has 0 aliphatic carbocycles. The number of nitrogens with zero attached hydrogens (tertiary/aromatic N) is 1. The van der Waals surface area contributed by atoms with Crippen LogP contribution < -0.4 is 5.73 Å². The van der Waals surface area contributed by atoms with Gasteiger partial charge in [0.15, 0.2) is 0 Å². The summed E-state index contributed by atoms with van der Waals surface area (Å²) in [5.41, 5.74) is 5.21. The van der Waals surface area contributed by atoms with Crippen LogP contribution in [0.2, 0.25) is 0 Å². The molecule has 0 aromatic rings. The summed E-state index contributed by atoms with van der Waals surface area (Å²) in [7, 11) is 0. The zero-order valence-electron chi connectivity index (χ0n) is 11.5. The van der Waals surface area contributed by atoms with E-state index in [2.05, 4.69) is 0 Å². The van der Waals surface area contributed by atoms with E-state index in [1.54, 1.807) is 4.90 Å². The Kier molecular flexibility index (Phi) is 5.59. The predicted octanol–water partition coefficient (Wildman–Crippen LogP) is 0.771. The van der Waals surface area contributed by atoms with E-state index >= 15 is 0 Å². The molecule has 0 unspecified atom stereocenters. The van der Waals surface area contributed by atoms with Gasteiger partial charge in [0.2, 0.25) is 11.8 Å². The van der Waals surface area contributed by atoms with E-state index in [9.17, 15) is 9.59 Å². The van der Waals surface area contributed by atoms with E-state index in [0.717, 1.165) is 12.8 Å². The number of carbonyl (C=O) groups excluding carboxylic acids is 2. The van der Waals surface area contributed by atoms with Crippen LogP contribution in [0.5, 0.6) is 0 Å². The summed E-state index contributed by atoms with van der Waals surface area (Å²) in [5.74, 6) is -0.298. The zero-order chi connectivity index (χ0) is 13.7. The van der Waals surface area contributed by atoms with Gasteiger partial charge in [-0.25, -0.2) is 0 Å². The molecule has 2 atom stereocenters. The first-order valence-electron chi connectivity index (χ1n) is 6.60. The van der Waals surface area contributed by atoms with E-state index in [1.807, 2.05) is 20.8 Å². The largest absolute Gasteiger partial charge is 0.378 e. The van der Waals surface area contributed by atoms with E-state index in [1.165, 1.54) is 0 Å². The van der Waals surface area contributed by atoms with Crippen LogP contribution in [-0.4, -0.2) is 42.5 Å². The molecule has 1 aliphatic heterocycles. The van der Waals surface area contributed by atoms with Crippen molar-refractivity contribution in [1.82, 2.24) is 4.90 Å². The minimum absolute atomic E-state index is 0.000231. The van der Waals surface area contributed by atoms with Gasteiger partial charge in [0, 0.05) is 13.2 Å². The molecular formula is C13H24N2O3. The molecule has 5 nitrogen and oxygen atoms in total. The molecule has 1 fully saturated rings. The molecule has 0 saturated carbocycles. The molecule has 18 heavy (non-hydrogen) atoms. The fourth-order valence-electron chi connectivity index (χ4n) is 2.34. The lowest BCUT2D eigenvalue weighted by molar-refractivity contribution is -0.146. The maximum Gasteiger partial charge on any atom is 0.237 e. The van der Waals surface area contributed by atoms with Gasteiger partial charge in [-0.1, -0.05) is 13.8 Å². The number of hydrogen-bond donors (Lipinski definition) is 1. The molecule has 0 bridgehead atoms. The lowest BCUT2D eigenvalue weighted by atomic mass is 9.93. The van der Waals surface area contributed by atoms with Gasteiger partial charge in [0.1, 0.15) is 0 Å². The molecule has 2 amide bonds. The second-order valence-electron chi connectivity index (χ2n) is 5.40. The first kappa shape index (κ1) is 15.0. The number of nitrogens with two attached hydrogens (primary N) is 1. The summed E-state index contributed by atoms with van der Waals surface area (Å²) in [4.78, 5) is 25.0. The van der Waals surface area contributed by atoms with Crippen LogP contribution in [0, 0.1) is 11.8 Å². The van der Waals surface area contributed by atoms with Gasteiger partial charge < -0.3 is 15.4 Å². The molecule has 1 saturated heterocycles. The lowest BCUT2D eigenvalue weighted by Crippen LogP contribution is -2.47. The summed E-state index contributed by atoms with van der Waals surface area (Å²) in [6.45, 7) is 7.22. The van der Waals surface area contributed by atoms with Crippen molar-refractivity contribution in [2.24, 2.45) is 17.6 Å². The van der Waals surface area contributed by atoms with Crippen LogP contribution in [-0.2, 0) is 14.3 Å². The van der Waals surface area contributed by atoms with Crippen LogP contribution in [0.15, 0.2) is 0 Å². The average molecular weight is 256 g/mol. The molecule has 104 valence electrons. The second kappa shape index (κ2) is 6.73. The summed E-state index contributed by atoms with van der Waals surface area (Å²) in [6, 6.07) is 0. The van der Waals surface area contributed by atoms with E-state index in [-0.39, 0.29) is 24.5 Å². The number of amides is 2. The highest BCUT2D eigenvalue weighted by Gasteiger charge is 2.32. The number of hydrogen-bond acceptors (Lipinski definition) is 3. The maximum atomic E-state index is 12.4. The Balaban J connectivity index is 2.70. The molecule has 5 heteroatoms. The van der Waals surface area contributed by atoms with Gasteiger partial charge in [0.05, 0.1) is 18.6 Å². The van der Waals surface area contributed by atoms with Crippen LogP contribution in [0.4, 0.5) is 0 Å². The second-order valence-corrected chi connectivity index (χ2v) is 5.40. The highest BCUT2D eigenvalue weighted by molar-refractivity contribution is 5.85. The minimum Gasteiger partial charge on any atom is -0.378 e. The third-order valence-corrected chi connectivity index (χ3v) is 3.17. The molecule has 1 rings (SSSR count). The SMILES string of the molecule is CC(C)CN(CC(N)=O)C(=O)[C@@H]1CCCO[C@@H]1C. The predicted molar refractivity (Wildman–Crippen MR) is 68.8 cm³/mol. The molecule has 0 radical (unpaired) electrons. The maximum absolute atomic E-state index is 12.4. The standard InChI is InChI=1S/C13H24N2O3/c1-9(2)7-15(8-12(14)16)13(17)11-5-4-6-18-10(11)3/h9-11H,4-8H2,1-3H3,(H2,14,16)/t10-,11-/m1/s1. The van der Waals surface area contributed by atoms with Crippen LogP contribution in [0.1, 0.15) is 33.6 Å². The highest BCUT2D eigenvalue weighted by atomic mass is 16.5. The summed E-state index contributed by atoms with van der Waals surface area (Å²) >= 11 is 0. The minimum atomic E-state index is -0.464. The Bertz CT molecular complexity index is 305. The molecular weight excluding hydrogens is 232 g/mol. The first-order chi connectivity index (χ1) is 8.41. The van der Waals surface area contributed by atoms with Crippen molar-refractivity contribution in [3.8, 4) is 0 Å². The number of rotatable bonds is 5. The Hall–Kier alpha value is -1.10. The monoisotopic (exact) mass is 256 g/mol. The molecule has 2 N–H and O–H groups in total. The van der Waals surface area contributed by atoms with Crippen molar-refractivity contribution < 1.29 is 14.3 Å². The fraction of sp³-hybridized carbons (Fsp3) is 0.846. The summed E-state index contributed by atoms with van der Waals surface area (Å²) in [6.07, 6.45) is 1.65. The molecule has 0 aromatic heterocycles. The molecule has 1 heterocycles. The van der Waals surface area contributed by atoms with Crippen molar-refractivity contribution >= 4 is 11.8 Å². The zero-order valence-corrected chi connectivity index (χ0v) is 11.5. The van der Waals surface area contributed by atoms with Gasteiger partial charge in [-0.05, 0) is 25.7 Å². The van der Waals surface area contributed by atoms with Crippen LogP contribution >= 0.6 is 0 Å². The average Bonchev–Trinajstić information content (AvgIpc) is 2.26. The first-order valence-corrected chi connectivity index (χ1v) is 6.60. The fourth-order valence-corrected chi connectivity index (χ4v) is 2.34. The Morgan fingerprint density at radius 2 is 2.11 bits per heavy atom. The van der Waals surface area contributed by atoms with Crippen molar-refractivity contribution in [1.29, 1.82) is 0 Å². The van der Waals surface area contributed by atoms with Crippen LogP contribution in [0.25, 0.3) is 0 Å². The van der Waals surface area contributed by atoms with E-state index < -0.39 is 5.91 Å². The topological polar surface area (TPSA) is 72.6 Å². The van der Waals surface area contributed by atoms with Gasteiger partial charge in [-0.2, -0.15) is 0 Å². The molecule has 1 aliphatic rings. The molecule has 0 spiro atoms. The van der Waals surface area contributed by atoms with Gasteiger partial charge in [-0.3, -0.25) is 9.59 Å². The van der Waals surface area contributed by atoms with E-state index in [4.69, 9.17) is 10.5 Å². The van der Waals surface area contributed by atoms with Crippen molar-refractivity contribution in [2.45, 2.75) is 39.7 Å². The van der Waals surface area contributed by atoms with Crippen LogP contribution in [0.3, 0.4) is 0 Å². The Labute approximate surface area is 109 Å². The lowest BCUT2D eigenvalue weighted by Gasteiger charge is -2.33. The van der Waals surface area contributed by atoms with Crippen molar-refractivity contribution in [3.05, 3.63) is 0 Å². The smallest absolute Gasteiger partial charge is 0.237 e. The van der Waals surface area contributed by atoms with Gasteiger partial charge in [-0.15, -0.1) is 0 Å². The van der Waals surface area contributed by atoms with Crippen molar-refractivity contribution in [3.63, 3.8) is 0 Å². The number of carbonyl (C=O) groups is 2. The Morgan fingerprint density at radius 3 is 2.61 bits per heavy atom. The highest BCUT2D eigenvalue weighted by Crippen LogP contribution is 2.23. The quantitative estimate of drug-likeness (QED) is 0.789. The summed E-state index contributed by atoms with van der Waals surface area (Å²) in [5, 5.41) is 0. The van der Waals surface area contributed by atoms with Crippen molar-refractivity contribution in [2.75, 3.05) is 19.7 Å². The molecule has 0 aromatic carbocycles.